The van der Waals surface area contributed by atoms with E-state index in [9.17, 15) is 4.79 Å². The lowest BCUT2D eigenvalue weighted by atomic mass is 10.0. The summed E-state index contributed by atoms with van der Waals surface area (Å²) >= 11 is 0. The van der Waals surface area contributed by atoms with E-state index < -0.39 is 11.9 Å². The summed E-state index contributed by atoms with van der Waals surface area (Å²) in [5.74, 6) is -1.17. The zero-order valence-corrected chi connectivity index (χ0v) is 12.3. The van der Waals surface area contributed by atoms with E-state index in [0.717, 1.165) is 18.8 Å². The van der Waals surface area contributed by atoms with Crippen molar-refractivity contribution >= 4 is 17.3 Å². The zero-order valence-electron chi connectivity index (χ0n) is 12.3. The predicted molar refractivity (Wildman–Crippen MR) is 82.4 cm³/mol. The van der Waals surface area contributed by atoms with Crippen molar-refractivity contribution in [2.45, 2.75) is 39.2 Å². The van der Waals surface area contributed by atoms with Gasteiger partial charge in [0.05, 0.1) is 5.92 Å². The minimum Gasteiger partial charge on any atom is -0.481 e. The number of hydrogen-bond acceptors (Lipinski definition) is 3. The summed E-state index contributed by atoms with van der Waals surface area (Å²) in [5.41, 5.74) is 2.24. The van der Waals surface area contributed by atoms with Gasteiger partial charge in [-0.05, 0) is 57.4 Å². The molecule has 2 atom stereocenters. The fraction of sp³-hybridized carbons (Fsp3) is 0.562. The molecule has 1 aromatic carbocycles. The van der Waals surface area contributed by atoms with E-state index in [1.54, 1.807) is 6.92 Å². The van der Waals surface area contributed by atoms with Gasteiger partial charge < -0.3 is 15.3 Å². The van der Waals surface area contributed by atoms with Gasteiger partial charge in [0, 0.05) is 30.5 Å². The Balaban J connectivity index is 1.95. The van der Waals surface area contributed by atoms with Crippen molar-refractivity contribution in [2.75, 3.05) is 23.3 Å². The van der Waals surface area contributed by atoms with E-state index in [-0.39, 0.29) is 6.04 Å². The van der Waals surface area contributed by atoms with Crippen LogP contribution in [-0.4, -0.2) is 30.2 Å². The monoisotopic (exact) mass is 276 g/mol. The van der Waals surface area contributed by atoms with Crippen molar-refractivity contribution < 1.29 is 9.90 Å². The molecule has 0 spiro atoms. The normalized spacial score (nSPS) is 18.4. The lowest BCUT2D eigenvalue weighted by molar-refractivity contribution is -0.141. The molecule has 20 heavy (non-hydrogen) atoms. The Morgan fingerprint density at radius 1 is 1.15 bits per heavy atom. The molecule has 4 heteroatoms. The second-order valence-corrected chi connectivity index (χ2v) is 5.65. The van der Waals surface area contributed by atoms with Crippen molar-refractivity contribution in [1.29, 1.82) is 0 Å². The summed E-state index contributed by atoms with van der Waals surface area (Å²) in [6.45, 7) is 5.90. The fourth-order valence-corrected chi connectivity index (χ4v) is 2.52. The Kier molecular flexibility index (Phi) is 4.88. The molecule has 1 aliphatic heterocycles. The molecule has 0 amide bonds. The van der Waals surface area contributed by atoms with Crippen LogP contribution >= 0.6 is 0 Å². The van der Waals surface area contributed by atoms with Crippen LogP contribution < -0.4 is 10.2 Å². The number of benzene rings is 1. The number of anilines is 2. The van der Waals surface area contributed by atoms with E-state index in [2.05, 4.69) is 22.3 Å². The van der Waals surface area contributed by atoms with Crippen LogP contribution in [0.4, 0.5) is 11.4 Å². The van der Waals surface area contributed by atoms with Gasteiger partial charge >= 0.3 is 5.97 Å². The molecule has 2 rings (SSSR count). The van der Waals surface area contributed by atoms with Gasteiger partial charge in [-0.3, -0.25) is 4.79 Å². The number of carbonyl (C=O) groups is 1. The molecule has 2 unspecified atom stereocenters. The van der Waals surface area contributed by atoms with E-state index in [4.69, 9.17) is 5.11 Å². The Morgan fingerprint density at radius 3 is 2.30 bits per heavy atom. The maximum absolute atomic E-state index is 10.9. The minimum absolute atomic E-state index is 0.0895. The smallest absolute Gasteiger partial charge is 0.308 e. The summed E-state index contributed by atoms with van der Waals surface area (Å²) in [6, 6.07) is 8.22. The fourth-order valence-electron chi connectivity index (χ4n) is 2.52. The standard InChI is InChI=1S/C16H24N2O2/c1-12(16(19)20)13(2)17-14-6-8-15(9-7-14)18-10-4-3-5-11-18/h6-9,12-13,17H,3-5,10-11H2,1-2H3,(H,19,20). The van der Waals surface area contributed by atoms with Crippen molar-refractivity contribution in [3.63, 3.8) is 0 Å². The maximum Gasteiger partial charge on any atom is 0.308 e. The third-order valence-electron chi connectivity index (χ3n) is 4.12. The Morgan fingerprint density at radius 2 is 1.75 bits per heavy atom. The molecule has 1 fully saturated rings. The first kappa shape index (κ1) is 14.7. The largest absolute Gasteiger partial charge is 0.481 e. The summed E-state index contributed by atoms with van der Waals surface area (Å²) in [6.07, 6.45) is 3.88. The first-order chi connectivity index (χ1) is 9.58. The van der Waals surface area contributed by atoms with Crippen LogP contribution in [-0.2, 0) is 4.79 Å². The molecule has 0 saturated carbocycles. The number of piperidine rings is 1. The van der Waals surface area contributed by atoms with Gasteiger partial charge in [0.25, 0.3) is 0 Å². The highest BCUT2D eigenvalue weighted by molar-refractivity contribution is 5.71. The number of hydrogen-bond donors (Lipinski definition) is 2. The highest BCUT2D eigenvalue weighted by Gasteiger charge is 2.19. The van der Waals surface area contributed by atoms with Crippen LogP contribution in [0.2, 0.25) is 0 Å². The lowest BCUT2D eigenvalue weighted by Gasteiger charge is -2.29. The van der Waals surface area contributed by atoms with Crippen molar-refractivity contribution in [3.05, 3.63) is 24.3 Å². The Bertz CT molecular complexity index is 438. The van der Waals surface area contributed by atoms with Gasteiger partial charge in [0.2, 0.25) is 0 Å². The molecule has 1 heterocycles. The molecule has 0 aromatic heterocycles. The van der Waals surface area contributed by atoms with Crippen LogP contribution in [0.1, 0.15) is 33.1 Å². The molecule has 0 bridgehead atoms. The topological polar surface area (TPSA) is 52.6 Å². The average molecular weight is 276 g/mol. The van der Waals surface area contributed by atoms with Crippen molar-refractivity contribution in [2.24, 2.45) is 5.92 Å². The molecule has 110 valence electrons. The van der Waals surface area contributed by atoms with Gasteiger partial charge in [-0.2, -0.15) is 0 Å². The third-order valence-corrected chi connectivity index (χ3v) is 4.12. The van der Waals surface area contributed by atoms with E-state index >= 15 is 0 Å². The van der Waals surface area contributed by atoms with Crippen LogP contribution in [0.15, 0.2) is 24.3 Å². The Labute approximate surface area is 120 Å². The van der Waals surface area contributed by atoms with Gasteiger partial charge in [0.1, 0.15) is 0 Å². The molecule has 2 N–H and O–H groups in total. The van der Waals surface area contributed by atoms with Gasteiger partial charge in [-0.25, -0.2) is 0 Å². The van der Waals surface area contributed by atoms with Gasteiger partial charge in [-0.1, -0.05) is 0 Å². The second kappa shape index (κ2) is 6.64. The number of carboxylic acids is 1. The van der Waals surface area contributed by atoms with E-state index in [0.29, 0.717) is 0 Å². The molecule has 1 saturated heterocycles. The zero-order chi connectivity index (χ0) is 14.5. The minimum atomic E-state index is -0.769. The van der Waals surface area contributed by atoms with Gasteiger partial charge in [0.15, 0.2) is 0 Å². The van der Waals surface area contributed by atoms with Gasteiger partial charge in [-0.15, -0.1) is 0 Å². The van der Waals surface area contributed by atoms with E-state index in [1.165, 1.54) is 24.9 Å². The lowest BCUT2D eigenvalue weighted by Crippen LogP contribution is -2.30. The number of nitrogens with one attached hydrogen (secondary N) is 1. The summed E-state index contributed by atoms with van der Waals surface area (Å²) in [4.78, 5) is 13.4. The molecule has 0 aliphatic carbocycles. The first-order valence-electron chi connectivity index (χ1n) is 7.42. The molecule has 1 aliphatic rings. The quantitative estimate of drug-likeness (QED) is 0.867. The number of nitrogens with zero attached hydrogens (tertiary/aromatic N) is 1. The summed E-state index contributed by atoms with van der Waals surface area (Å²) in [7, 11) is 0. The SMILES string of the molecule is CC(Nc1ccc(N2CCCCC2)cc1)C(C)C(=O)O. The molecule has 0 radical (unpaired) electrons. The van der Waals surface area contributed by atoms with Crippen LogP contribution in [0, 0.1) is 5.92 Å². The Hall–Kier alpha value is -1.71. The second-order valence-electron chi connectivity index (χ2n) is 5.65. The summed E-state index contributed by atoms with van der Waals surface area (Å²) < 4.78 is 0. The van der Waals surface area contributed by atoms with Crippen molar-refractivity contribution in [3.8, 4) is 0 Å². The van der Waals surface area contributed by atoms with Crippen LogP contribution in [0.25, 0.3) is 0 Å². The number of rotatable bonds is 5. The third kappa shape index (κ3) is 3.65. The van der Waals surface area contributed by atoms with Crippen LogP contribution in [0.3, 0.4) is 0 Å². The molecule has 4 nitrogen and oxygen atoms in total. The number of aliphatic carboxylic acids is 1. The maximum atomic E-state index is 10.9. The van der Waals surface area contributed by atoms with E-state index in [1.807, 2.05) is 19.1 Å². The summed E-state index contributed by atoms with van der Waals surface area (Å²) in [5, 5.41) is 12.3. The highest BCUT2D eigenvalue weighted by Crippen LogP contribution is 2.22. The van der Waals surface area contributed by atoms with Crippen molar-refractivity contribution in [1.82, 2.24) is 0 Å². The molecular formula is C16H24N2O2. The number of carboxylic acid groups (broad SMARTS) is 1. The first-order valence-corrected chi connectivity index (χ1v) is 7.42. The molecular weight excluding hydrogens is 252 g/mol. The average Bonchev–Trinajstić information content (AvgIpc) is 2.48. The molecule has 1 aromatic rings. The van der Waals surface area contributed by atoms with Crippen LogP contribution in [0.5, 0.6) is 0 Å². The highest BCUT2D eigenvalue weighted by atomic mass is 16.4. The predicted octanol–water partition coefficient (Wildman–Crippen LogP) is 3.20.